The van der Waals surface area contributed by atoms with Gasteiger partial charge in [-0.2, -0.15) is 13.2 Å². The van der Waals surface area contributed by atoms with Crippen LogP contribution in [-0.4, -0.2) is 23.5 Å². The minimum atomic E-state index is -4.51. The molecular formula is C14H16F3NO3. The lowest BCUT2D eigenvalue weighted by Crippen LogP contribution is -2.31. The molecule has 0 fully saturated rings. The summed E-state index contributed by atoms with van der Waals surface area (Å²) in [7, 11) is 0. The van der Waals surface area contributed by atoms with Crippen molar-refractivity contribution in [2.45, 2.75) is 25.9 Å². The van der Waals surface area contributed by atoms with Gasteiger partial charge in [0.15, 0.2) is 0 Å². The third-order valence-electron chi connectivity index (χ3n) is 2.84. The van der Waals surface area contributed by atoms with Crippen LogP contribution in [0.15, 0.2) is 24.3 Å². The third-order valence-corrected chi connectivity index (χ3v) is 2.84. The number of carbonyl (C=O) groups is 2. The molecule has 1 amide bonds. The molecule has 4 nitrogen and oxygen atoms in total. The topological polar surface area (TPSA) is 66.4 Å². The van der Waals surface area contributed by atoms with E-state index in [-0.39, 0.29) is 24.4 Å². The quantitative estimate of drug-likeness (QED) is 0.848. The average Bonchev–Trinajstić information content (AvgIpc) is 2.35. The fourth-order valence-electron chi connectivity index (χ4n) is 1.84. The molecule has 21 heavy (non-hydrogen) atoms. The van der Waals surface area contributed by atoms with Crippen molar-refractivity contribution in [3.05, 3.63) is 35.4 Å². The van der Waals surface area contributed by atoms with E-state index in [2.05, 4.69) is 5.32 Å². The Hall–Kier alpha value is -2.05. The maximum atomic E-state index is 12.8. The molecule has 0 unspecified atom stereocenters. The van der Waals surface area contributed by atoms with E-state index in [9.17, 15) is 22.8 Å². The second-order valence-corrected chi connectivity index (χ2v) is 4.84. The minimum absolute atomic E-state index is 0.103. The standard InChI is InChI=1S/C14H16F3NO3/c1-9(6-13(20)21)8-18-12(19)7-10-4-2-3-5-11(10)14(15,16)17/h2-5,9H,6-8H2,1H3,(H,18,19)(H,20,21)/t9-/m0/s1. The fourth-order valence-corrected chi connectivity index (χ4v) is 1.84. The Balaban J connectivity index is 2.62. The number of rotatable bonds is 6. The van der Waals surface area contributed by atoms with Crippen molar-refractivity contribution in [3.8, 4) is 0 Å². The van der Waals surface area contributed by atoms with Crippen LogP contribution >= 0.6 is 0 Å². The van der Waals surface area contributed by atoms with Gasteiger partial charge >= 0.3 is 12.1 Å². The van der Waals surface area contributed by atoms with Crippen molar-refractivity contribution in [1.29, 1.82) is 0 Å². The van der Waals surface area contributed by atoms with Gasteiger partial charge in [0.2, 0.25) is 5.91 Å². The molecule has 0 aliphatic rings. The second-order valence-electron chi connectivity index (χ2n) is 4.84. The highest BCUT2D eigenvalue weighted by Crippen LogP contribution is 2.31. The minimum Gasteiger partial charge on any atom is -0.481 e. The van der Waals surface area contributed by atoms with Gasteiger partial charge in [-0.05, 0) is 17.5 Å². The summed E-state index contributed by atoms with van der Waals surface area (Å²) in [4.78, 5) is 22.1. The lowest BCUT2D eigenvalue weighted by atomic mass is 10.0. The lowest BCUT2D eigenvalue weighted by Gasteiger charge is -2.14. The molecule has 1 aromatic carbocycles. The van der Waals surface area contributed by atoms with E-state index in [1.807, 2.05) is 0 Å². The molecule has 0 spiro atoms. The summed E-state index contributed by atoms with van der Waals surface area (Å²) in [5.41, 5.74) is -0.938. The number of amides is 1. The monoisotopic (exact) mass is 303 g/mol. The maximum absolute atomic E-state index is 12.8. The maximum Gasteiger partial charge on any atom is 0.416 e. The Morgan fingerprint density at radius 3 is 2.48 bits per heavy atom. The average molecular weight is 303 g/mol. The van der Waals surface area contributed by atoms with Gasteiger partial charge in [0, 0.05) is 13.0 Å². The predicted octanol–water partition coefficient (Wildman–Crippen LogP) is 2.47. The van der Waals surface area contributed by atoms with Gasteiger partial charge in [0.25, 0.3) is 0 Å². The van der Waals surface area contributed by atoms with E-state index in [4.69, 9.17) is 5.11 Å². The van der Waals surface area contributed by atoms with Gasteiger partial charge in [-0.3, -0.25) is 9.59 Å². The Morgan fingerprint density at radius 2 is 1.90 bits per heavy atom. The molecule has 1 aromatic rings. The summed E-state index contributed by atoms with van der Waals surface area (Å²) in [5, 5.41) is 11.0. The Morgan fingerprint density at radius 1 is 1.29 bits per heavy atom. The molecule has 116 valence electrons. The molecular weight excluding hydrogens is 287 g/mol. The Kier molecular flexibility index (Phi) is 5.75. The van der Waals surface area contributed by atoms with Crippen LogP contribution in [0.1, 0.15) is 24.5 Å². The van der Waals surface area contributed by atoms with Crippen LogP contribution in [-0.2, 0) is 22.2 Å². The highest BCUT2D eigenvalue weighted by molar-refractivity contribution is 5.79. The van der Waals surface area contributed by atoms with Crippen LogP contribution in [0.5, 0.6) is 0 Å². The van der Waals surface area contributed by atoms with E-state index in [0.717, 1.165) is 6.07 Å². The molecule has 0 saturated carbocycles. The van der Waals surface area contributed by atoms with Gasteiger partial charge in [-0.25, -0.2) is 0 Å². The van der Waals surface area contributed by atoms with Gasteiger partial charge < -0.3 is 10.4 Å². The van der Waals surface area contributed by atoms with Gasteiger partial charge in [-0.15, -0.1) is 0 Å². The van der Waals surface area contributed by atoms with E-state index >= 15 is 0 Å². The Bertz CT molecular complexity index is 514. The molecule has 7 heteroatoms. The van der Waals surface area contributed by atoms with Crippen LogP contribution in [0.4, 0.5) is 13.2 Å². The summed E-state index contributed by atoms with van der Waals surface area (Å²) < 4.78 is 38.3. The zero-order valence-electron chi connectivity index (χ0n) is 11.4. The third kappa shape index (κ3) is 5.85. The highest BCUT2D eigenvalue weighted by Gasteiger charge is 2.33. The van der Waals surface area contributed by atoms with Crippen LogP contribution in [0, 0.1) is 5.92 Å². The Labute approximate surface area is 120 Å². The normalized spacial score (nSPS) is 12.8. The largest absolute Gasteiger partial charge is 0.481 e. The zero-order chi connectivity index (χ0) is 16.0. The summed E-state index contributed by atoms with van der Waals surface area (Å²) in [5.74, 6) is -1.84. The molecule has 0 aromatic heterocycles. The van der Waals surface area contributed by atoms with Crippen molar-refractivity contribution >= 4 is 11.9 Å². The lowest BCUT2D eigenvalue weighted by molar-refractivity contribution is -0.139. The SMILES string of the molecule is C[C@H](CNC(=O)Cc1ccccc1C(F)(F)F)CC(=O)O. The second kappa shape index (κ2) is 7.10. The first kappa shape index (κ1) is 17.0. The molecule has 0 aliphatic heterocycles. The summed E-state index contributed by atoms with van der Waals surface area (Å²) in [6.07, 6.45) is -5.01. The molecule has 1 atom stereocenters. The summed E-state index contributed by atoms with van der Waals surface area (Å²) in [6, 6.07) is 4.88. The van der Waals surface area contributed by atoms with Crippen LogP contribution in [0.2, 0.25) is 0 Å². The highest BCUT2D eigenvalue weighted by atomic mass is 19.4. The number of carbonyl (C=O) groups excluding carboxylic acids is 1. The number of benzene rings is 1. The van der Waals surface area contributed by atoms with E-state index in [0.29, 0.717) is 0 Å². The number of nitrogens with one attached hydrogen (secondary N) is 1. The van der Waals surface area contributed by atoms with Crippen molar-refractivity contribution in [2.75, 3.05) is 6.54 Å². The molecule has 0 bridgehead atoms. The van der Waals surface area contributed by atoms with Crippen LogP contribution < -0.4 is 5.32 Å². The molecule has 0 aliphatic carbocycles. The van der Waals surface area contributed by atoms with E-state index in [1.54, 1.807) is 6.92 Å². The predicted molar refractivity (Wildman–Crippen MR) is 69.6 cm³/mol. The van der Waals surface area contributed by atoms with Crippen molar-refractivity contribution in [2.24, 2.45) is 5.92 Å². The summed E-state index contributed by atoms with van der Waals surface area (Å²) in [6.45, 7) is 1.75. The van der Waals surface area contributed by atoms with Crippen molar-refractivity contribution in [3.63, 3.8) is 0 Å². The zero-order valence-corrected chi connectivity index (χ0v) is 11.4. The molecule has 1 rings (SSSR count). The number of hydrogen-bond donors (Lipinski definition) is 2. The smallest absolute Gasteiger partial charge is 0.416 e. The summed E-state index contributed by atoms with van der Waals surface area (Å²) >= 11 is 0. The van der Waals surface area contributed by atoms with Gasteiger partial charge in [-0.1, -0.05) is 25.1 Å². The van der Waals surface area contributed by atoms with Crippen LogP contribution in [0.25, 0.3) is 0 Å². The molecule has 0 radical (unpaired) electrons. The van der Waals surface area contributed by atoms with E-state index < -0.39 is 30.0 Å². The molecule has 0 heterocycles. The van der Waals surface area contributed by atoms with Crippen LogP contribution in [0.3, 0.4) is 0 Å². The number of halogens is 3. The van der Waals surface area contributed by atoms with E-state index in [1.165, 1.54) is 18.2 Å². The number of carboxylic acid groups (broad SMARTS) is 1. The first-order valence-electron chi connectivity index (χ1n) is 6.33. The van der Waals surface area contributed by atoms with Gasteiger partial charge in [0.05, 0.1) is 12.0 Å². The number of alkyl halides is 3. The number of hydrogen-bond acceptors (Lipinski definition) is 2. The first-order valence-corrected chi connectivity index (χ1v) is 6.33. The van der Waals surface area contributed by atoms with Crippen molar-refractivity contribution < 1.29 is 27.9 Å². The number of aliphatic carboxylic acids is 1. The molecule has 0 saturated heterocycles. The molecule has 2 N–H and O–H groups in total. The number of carboxylic acids is 1. The van der Waals surface area contributed by atoms with Gasteiger partial charge in [0.1, 0.15) is 0 Å². The van der Waals surface area contributed by atoms with Crippen molar-refractivity contribution in [1.82, 2.24) is 5.32 Å². The fraction of sp³-hybridized carbons (Fsp3) is 0.429. The first-order chi connectivity index (χ1) is 9.70.